The lowest BCUT2D eigenvalue weighted by molar-refractivity contribution is -0.134. The summed E-state index contributed by atoms with van der Waals surface area (Å²) >= 11 is 0. The molecule has 2 heterocycles. The van der Waals surface area contributed by atoms with Crippen molar-refractivity contribution in [2.75, 3.05) is 42.9 Å². The molecule has 8 nitrogen and oxygen atoms in total. The average Bonchev–Trinajstić information content (AvgIpc) is 3.17. The highest BCUT2D eigenvalue weighted by atomic mass is 19.1. The zero-order chi connectivity index (χ0) is 22.8. The Labute approximate surface area is 182 Å². The molecule has 3 amide bonds. The number of nitrogens with zero attached hydrogens (tertiary/aromatic N) is 3. The van der Waals surface area contributed by atoms with E-state index in [9.17, 15) is 18.8 Å². The van der Waals surface area contributed by atoms with E-state index in [1.165, 1.54) is 13.0 Å². The van der Waals surface area contributed by atoms with Crippen molar-refractivity contribution < 1.29 is 23.5 Å². The van der Waals surface area contributed by atoms with Crippen LogP contribution in [-0.4, -0.2) is 72.1 Å². The van der Waals surface area contributed by atoms with E-state index < -0.39 is 17.5 Å². The molecule has 2 fully saturated rings. The van der Waals surface area contributed by atoms with Crippen molar-refractivity contribution in [3.63, 3.8) is 0 Å². The molecular formula is C22H31FN4O4. The number of carbonyl (C=O) groups is 3. The van der Waals surface area contributed by atoms with Crippen molar-refractivity contribution >= 4 is 29.3 Å². The van der Waals surface area contributed by atoms with Crippen molar-refractivity contribution in [2.45, 2.75) is 52.2 Å². The largest absolute Gasteiger partial charge is 0.444 e. The van der Waals surface area contributed by atoms with Crippen LogP contribution in [0.5, 0.6) is 0 Å². The Morgan fingerprint density at radius 2 is 1.77 bits per heavy atom. The summed E-state index contributed by atoms with van der Waals surface area (Å²) in [6, 6.07) is 4.07. The minimum absolute atomic E-state index is 0.135. The maximum Gasteiger partial charge on any atom is 0.410 e. The second-order valence-corrected chi connectivity index (χ2v) is 8.98. The number of ether oxygens (including phenoxy) is 1. The van der Waals surface area contributed by atoms with Crippen LogP contribution in [0.2, 0.25) is 0 Å². The van der Waals surface area contributed by atoms with E-state index in [1.807, 2.05) is 25.7 Å². The highest BCUT2D eigenvalue weighted by Crippen LogP contribution is 2.26. The van der Waals surface area contributed by atoms with Gasteiger partial charge >= 0.3 is 6.09 Å². The first kappa shape index (κ1) is 22.8. The van der Waals surface area contributed by atoms with E-state index in [2.05, 4.69) is 5.32 Å². The first-order valence-corrected chi connectivity index (χ1v) is 10.7. The molecule has 0 aliphatic carbocycles. The summed E-state index contributed by atoms with van der Waals surface area (Å²) in [6.07, 6.45) is 1.02. The van der Waals surface area contributed by atoms with E-state index in [4.69, 9.17) is 4.74 Å². The molecule has 1 N–H and O–H groups in total. The maximum absolute atomic E-state index is 14.8. The average molecular weight is 435 g/mol. The summed E-state index contributed by atoms with van der Waals surface area (Å²) in [6.45, 7) is 9.32. The number of anilines is 2. The van der Waals surface area contributed by atoms with Gasteiger partial charge in [-0.15, -0.1) is 0 Å². The van der Waals surface area contributed by atoms with Crippen molar-refractivity contribution in [3.8, 4) is 0 Å². The second kappa shape index (κ2) is 9.11. The number of piperazine rings is 1. The molecule has 0 spiro atoms. The molecule has 31 heavy (non-hydrogen) atoms. The summed E-state index contributed by atoms with van der Waals surface area (Å²) in [4.78, 5) is 41.4. The summed E-state index contributed by atoms with van der Waals surface area (Å²) in [7, 11) is 0. The van der Waals surface area contributed by atoms with Crippen LogP contribution in [0.25, 0.3) is 0 Å². The highest BCUT2D eigenvalue weighted by molar-refractivity contribution is 5.97. The second-order valence-electron chi connectivity index (χ2n) is 8.98. The normalized spacial score (nSPS) is 19.4. The molecule has 0 saturated carbocycles. The predicted octanol–water partition coefficient (Wildman–Crippen LogP) is 2.83. The standard InChI is InChI=1S/C22H31FN4O4/c1-15(28)27-9-5-6-19(27)20(29)24-16-7-8-18(17(23)14-16)25-10-12-26(13-11-25)21(30)31-22(2,3)4/h7-8,14,19H,5-6,9-13H2,1-4H3,(H,24,29)/t19-/m1/s1. The summed E-state index contributed by atoms with van der Waals surface area (Å²) in [5.74, 6) is -0.881. The van der Waals surface area contributed by atoms with Crippen LogP contribution in [-0.2, 0) is 14.3 Å². The molecule has 2 aliphatic rings. The minimum Gasteiger partial charge on any atom is -0.444 e. The lowest BCUT2D eigenvalue weighted by Crippen LogP contribution is -2.50. The Bertz CT molecular complexity index is 846. The number of benzene rings is 1. The van der Waals surface area contributed by atoms with Gasteiger partial charge in [-0.1, -0.05) is 0 Å². The minimum atomic E-state index is -0.555. The number of rotatable bonds is 3. The summed E-state index contributed by atoms with van der Waals surface area (Å²) in [5, 5.41) is 2.72. The first-order valence-electron chi connectivity index (χ1n) is 10.7. The van der Waals surface area contributed by atoms with Gasteiger partial charge in [-0.2, -0.15) is 0 Å². The number of likely N-dealkylation sites (tertiary alicyclic amines) is 1. The third kappa shape index (κ3) is 5.65. The van der Waals surface area contributed by atoms with E-state index in [0.29, 0.717) is 50.5 Å². The van der Waals surface area contributed by atoms with E-state index in [1.54, 1.807) is 21.9 Å². The van der Waals surface area contributed by atoms with Crippen LogP contribution in [0.15, 0.2) is 18.2 Å². The van der Waals surface area contributed by atoms with E-state index in [-0.39, 0.29) is 17.9 Å². The maximum atomic E-state index is 14.8. The molecule has 9 heteroatoms. The van der Waals surface area contributed by atoms with Gasteiger partial charge in [0.05, 0.1) is 5.69 Å². The smallest absolute Gasteiger partial charge is 0.410 e. The van der Waals surface area contributed by atoms with Gasteiger partial charge in [0, 0.05) is 45.3 Å². The Hall–Kier alpha value is -2.84. The van der Waals surface area contributed by atoms with Gasteiger partial charge in [-0.3, -0.25) is 9.59 Å². The molecule has 0 radical (unpaired) electrons. The van der Waals surface area contributed by atoms with Gasteiger partial charge in [0.2, 0.25) is 11.8 Å². The third-order valence-electron chi connectivity index (χ3n) is 5.45. The fraction of sp³-hybridized carbons (Fsp3) is 0.591. The third-order valence-corrected chi connectivity index (χ3v) is 5.45. The molecule has 2 aliphatic heterocycles. The molecule has 1 aromatic carbocycles. The van der Waals surface area contributed by atoms with Gasteiger partial charge in [-0.25, -0.2) is 9.18 Å². The fourth-order valence-corrected chi connectivity index (χ4v) is 3.94. The number of halogens is 1. The SMILES string of the molecule is CC(=O)N1CCC[C@@H]1C(=O)Nc1ccc(N2CCN(C(=O)OC(C)(C)C)CC2)c(F)c1. The lowest BCUT2D eigenvalue weighted by Gasteiger charge is -2.36. The van der Waals surface area contributed by atoms with Crippen LogP contribution in [0.3, 0.4) is 0 Å². The summed E-state index contributed by atoms with van der Waals surface area (Å²) in [5.41, 5.74) is 0.225. The number of amides is 3. The van der Waals surface area contributed by atoms with Crippen molar-refractivity contribution in [1.29, 1.82) is 0 Å². The number of carbonyl (C=O) groups excluding carboxylic acids is 3. The number of nitrogens with one attached hydrogen (secondary N) is 1. The molecule has 170 valence electrons. The van der Waals surface area contributed by atoms with Crippen LogP contribution >= 0.6 is 0 Å². The summed E-state index contributed by atoms with van der Waals surface area (Å²) < 4.78 is 20.2. The predicted molar refractivity (Wildman–Crippen MR) is 115 cm³/mol. The van der Waals surface area contributed by atoms with Gasteiger partial charge in [0.25, 0.3) is 0 Å². The molecular weight excluding hydrogens is 403 g/mol. The molecule has 0 aromatic heterocycles. The Morgan fingerprint density at radius 1 is 1.10 bits per heavy atom. The van der Waals surface area contributed by atoms with Crippen molar-refractivity contribution in [2.24, 2.45) is 0 Å². The quantitative estimate of drug-likeness (QED) is 0.791. The molecule has 2 saturated heterocycles. The zero-order valence-corrected chi connectivity index (χ0v) is 18.6. The van der Waals surface area contributed by atoms with Gasteiger partial charge < -0.3 is 24.8 Å². The molecule has 0 bridgehead atoms. The Balaban J connectivity index is 1.58. The molecule has 1 aromatic rings. The number of hydrogen-bond acceptors (Lipinski definition) is 5. The van der Waals surface area contributed by atoms with Crippen LogP contribution in [0.1, 0.15) is 40.5 Å². The van der Waals surface area contributed by atoms with E-state index >= 15 is 0 Å². The van der Waals surface area contributed by atoms with Crippen molar-refractivity contribution in [1.82, 2.24) is 9.80 Å². The topological polar surface area (TPSA) is 82.2 Å². The van der Waals surface area contributed by atoms with Gasteiger partial charge in [0.1, 0.15) is 17.5 Å². The zero-order valence-electron chi connectivity index (χ0n) is 18.6. The Morgan fingerprint density at radius 3 is 2.35 bits per heavy atom. The van der Waals surface area contributed by atoms with Gasteiger partial charge in [-0.05, 0) is 51.8 Å². The highest BCUT2D eigenvalue weighted by Gasteiger charge is 2.32. The molecule has 0 unspecified atom stereocenters. The van der Waals surface area contributed by atoms with Gasteiger partial charge in [0.15, 0.2) is 0 Å². The molecule has 3 rings (SSSR count). The number of hydrogen-bond donors (Lipinski definition) is 1. The lowest BCUT2D eigenvalue weighted by atomic mass is 10.2. The van der Waals surface area contributed by atoms with E-state index in [0.717, 1.165) is 6.42 Å². The molecule has 1 atom stereocenters. The van der Waals surface area contributed by atoms with Crippen LogP contribution in [0, 0.1) is 5.82 Å². The first-order chi connectivity index (χ1) is 14.5. The van der Waals surface area contributed by atoms with Crippen LogP contribution in [0.4, 0.5) is 20.6 Å². The fourth-order valence-electron chi connectivity index (χ4n) is 3.94. The Kier molecular flexibility index (Phi) is 6.71. The monoisotopic (exact) mass is 434 g/mol. The van der Waals surface area contributed by atoms with Crippen LogP contribution < -0.4 is 10.2 Å². The van der Waals surface area contributed by atoms with Crippen molar-refractivity contribution in [3.05, 3.63) is 24.0 Å².